The topological polar surface area (TPSA) is 15.3 Å². The standard InChI is InChI=1S/C15H24N2S/c1-12(10-14-4-2-9-18-14)17-8-3-7-16-15(11-17)13-5-6-13/h2,4,9,12-13,15-16H,3,5-8,10-11H2,1H3. The molecule has 0 aromatic carbocycles. The molecule has 2 nitrogen and oxygen atoms in total. The maximum absolute atomic E-state index is 3.75. The van der Waals surface area contributed by atoms with Gasteiger partial charge in [-0.05, 0) is 63.1 Å². The molecular formula is C15H24N2S. The van der Waals surface area contributed by atoms with Gasteiger partial charge in [-0.2, -0.15) is 0 Å². The van der Waals surface area contributed by atoms with Gasteiger partial charge in [-0.3, -0.25) is 4.90 Å². The average molecular weight is 264 g/mol. The predicted molar refractivity (Wildman–Crippen MR) is 78.2 cm³/mol. The van der Waals surface area contributed by atoms with E-state index < -0.39 is 0 Å². The van der Waals surface area contributed by atoms with Gasteiger partial charge in [0.2, 0.25) is 0 Å². The van der Waals surface area contributed by atoms with Gasteiger partial charge in [0, 0.05) is 23.5 Å². The summed E-state index contributed by atoms with van der Waals surface area (Å²) in [6, 6.07) is 5.89. The summed E-state index contributed by atoms with van der Waals surface area (Å²) >= 11 is 1.90. The Morgan fingerprint density at radius 2 is 2.39 bits per heavy atom. The molecule has 0 amide bonds. The SMILES string of the molecule is CC(Cc1cccs1)N1CCCNC(C2CC2)C1. The highest BCUT2D eigenvalue weighted by atomic mass is 32.1. The number of nitrogens with one attached hydrogen (secondary N) is 1. The zero-order valence-electron chi connectivity index (χ0n) is 11.3. The zero-order valence-corrected chi connectivity index (χ0v) is 12.1. The molecular weight excluding hydrogens is 240 g/mol. The molecule has 0 bridgehead atoms. The quantitative estimate of drug-likeness (QED) is 0.899. The molecule has 0 spiro atoms. The summed E-state index contributed by atoms with van der Waals surface area (Å²) in [4.78, 5) is 4.24. The fraction of sp³-hybridized carbons (Fsp3) is 0.733. The molecule has 2 heterocycles. The Balaban J connectivity index is 1.58. The summed E-state index contributed by atoms with van der Waals surface area (Å²) in [5, 5.41) is 5.94. The van der Waals surface area contributed by atoms with Crippen LogP contribution in [0.2, 0.25) is 0 Å². The summed E-state index contributed by atoms with van der Waals surface area (Å²) in [6.07, 6.45) is 5.42. The third-order valence-corrected chi connectivity index (χ3v) is 5.25. The second-order valence-corrected chi connectivity index (χ2v) is 6.91. The summed E-state index contributed by atoms with van der Waals surface area (Å²) < 4.78 is 0. The molecule has 2 atom stereocenters. The lowest BCUT2D eigenvalue weighted by Gasteiger charge is -2.30. The minimum absolute atomic E-state index is 0.685. The van der Waals surface area contributed by atoms with Crippen molar-refractivity contribution in [1.29, 1.82) is 0 Å². The molecule has 3 heteroatoms. The summed E-state index contributed by atoms with van der Waals surface area (Å²) in [6.45, 7) is 6.14. The van der Waals surface area contributed by atoms with Crippen molar-refractivity contribution in [3.8, 4) is 0 Å². The third kappa shape index (κ3) is 3.14. The van der Waals surface area contributed by atoms with Gasteiger partial charge in [0.05, 0.1) is 0 Å². The highest BCUT2D eigenvalue weighted by molar-refractivity contribution is 7.09. The Morgan fingerprint density at radius 1 is 1.50 bits per heavy atom. The molecule has 1 aromatic rings. The smallest absolute Gasteiger partial charge is 0.0223 e. The normalized spacial score (nSPS) is 27.9. The minimum Gasteiger partial charge on any atom is -0.312 e. The van der Waals surface area contributed by atoms with Crippen LogP contribution in [0.15, 0.2) is 17.5 Å². The van der Waals surface area contributed by atoms with Crippen molar-refractivity contribution in [3.05, 3.63) is 22.4 Å². The highest BCUT2D eigenvalue weighted by Gasteiger charge is 2.33. The molecule has 100 valence electrons. The monoisotopic (exact) mass is 264 g/mol. The molecule has 1 N–H and O–H groups in total. The average Bonchev–Trinajstić information content (AvgIpc) is 3.13. The van der Waals surface area contributed by atoms with Crippen LogP contribution in [0.3, 0.4) is 0 Å². The number of hydrogen-bond acceptors (Lipinski definition) is 3. The fourth-order valence-corrected chi connectivity index (χ4v) is 3.87. The van der Waals surface area contributed by atoms with Crippen molar-refractivity contribution < 1.29 is 0 Å². The molecule has 1 saturated carbocycles. The highest BCUT2D eigenvalue weighted by Crippen LogP contribution is 2.33. The van der Waals surface area contributed by atoms with Gasteiger partial charge in [0.15, 0.2) is 0 Å². The van der Waals surface area contributed by atoms with Crippen molar-refractivity contribution in [3.63, 3.8) is 0 Å². The predicted octanol–water partition coefficient (Wildman–Crippen LogP) is 2.75. The zero-order chi connectivity index (χ0) is 12.4. The number of nitrogens with zero attached hydrogens (tertiary/aromatic N) is 1. The van der Waals surface area contributed by atoms with E-state index in [9.17, 15) is 0 Å². The Kier molecular flexibility index (Phi) is 4.02. The second kappa shape index (κ2) is 5.72. The van der Waals surface area contributed by atoms with Crippen LogP contribution < -0.4 is 5.32 Å². The Labute approximate surface area is 114 Å². The van der Waals surface area contributed by atoms with Crippen LogP contribution in [-0.2, 0) is 6.42 Å². The minimum atomic E-state index is 0.685. The van der Waals surface area contributed by atoms with E-state index >= 15 is 0 Å². The molecule has 1 saturated heterocycles. The molecule has 0 radical (unpaired) electrons. The van der Waals surface area contributed by atoms with Crippen molar-refractivity contribution in [1.82, 2.24) is 10.2 Å². The van der Waals surface area contributed by atoms with Gasteiger partial charge in [0.1, 0.15) is 0 Å². The van der Waals surface area contributed by atoms with Crippen LogP contribution in [0.25, 0.3) is 0 Å². The van der Waals surface area contributed by atoms with Crippen LogP contribution in [0.1, 0.15) is 31.1 Å². The van der Waals surface area contributed by atoms with E-state index in [1.54, 1.807) is 0 Å². The lowest BCUT2D eigenvalue weighted by molar-refractivity contribution is 0.198. The van der Waals surface area contributed by atoms with E-state index in [1.807, 2.05) is 11.3 Å². The Hall–Kier alpha value is -0.380. The maximum Gasteiger partial charge on any atom is 0.0223 e. The van der Waals surface area contributed by atoms with Crippen LogP contribution in [0.4, 0.5) is 0 Å². The van der Waals surface area contributed by atoms with Crippen molar-refractivity contribution >= 4 is 11.3 Å². The van der Waals surface area contributed by atoms with E-state index in [0.29, 0.717) is 6.04 Å². The van der Waals surface area contributed by atoms with Crippen LogP contribution in [0, 0.1) is 5.92 Å². The third-order valence-electron chi connectivity index (χ3n) is 4.35. The van der Waals surface area contributed by atoms with Crippen LogP contribution in [-0.4, -0.2) is 36.6 Å². The lowest BCUT2D eigenvalue weighted by atomic mass is 10.1. The van der Waals surface area contributed by atoms with Gasteiger partial charge in [-0.25, -0.2) is 0 Å². The van der Waals surface area contributed by atoms with Crippen molar-refractivity contribution in [2.75, 3.05) is 19.6 Å². The number of thiophene rings is 1. The van der Waals surface area contributed by atoms with E-state index in [4.69, 9.17) is 0 Å². The van der Waals surface area contributed by atoms with Gasteiger partial charge in [0.25, 0.3) is 0 Å². The van der Waals surface area contributed by atoms with E-state index in [1.165, 1.54) is 50.2 Å². The summed E-state index contributed by atoms with van der Waals surface area (Å²) in [5.41, 5.74) is 0. The van der Waals surface area contributed by atoms with Crippen molar-refractivity contribution in [2.24, 2.45) is 5.92 Å². The molecule has 2 fully saturated rings. The van der Waals surface area contributed by atoms with Crippen LogP contribution >= 0.6 is 11.3 Å². The lowest BCUT2D eigenvalue weighted by Crippen LogP contribution is -2.43. The molecule has 1 aliphatic heterocycles. The van der Waals surface area contributed by atoms with Gasteiger partial charge < -0.3 is 5.32 Å². The molecule has 2 aliphatic rings. The van der Waals surface area contributed by atoms with Gasteiger partial charge in [-0.15, -0.1) is 11.3 Å². The maximum atomic E-state index is 3.75. The molecule has 1 aromatic heterocycles. The van der Waals surface area contributed by atoms with E-state index in [0.717, 1.165) is 12.0 Å². The first kappa shape index (κ1) is 12.6. The molecule has 3 rings (SSSR count). The van der Waals surface area contributed by atoms with Gasteiger partial charge >= 0.3 is 0 Å². The Bertz CT molecular complexity index is 359. The number of rotatable bonds is 4. The molecule has 1 aliphatic carbocycles. The first-order chi connectivity index (χ1) is 8.83. The van der Waals surface area contributed by atoms with E-state index in [2.05, 4.69) is 34.7 Å². The molecule has 2 unspecified atom stereocenters. The molecule has 18 heavy (non-hydrogen) atoms. The van der Waals surface area contributed by atoms with Gasteiger partial charge in [-0.1, -0.05) is 6.07 Å². The summed E-state index contributed by atoms with van der Waals surface area (Å²) in [5.74, 6) is 0.972. The second-order valence-electron chi connectivity index (χ2n) is 5.88. The first-order valence-electron chi connectivity index (χ1n) is 7.33. The van der Waals surface area contributed by atoms with E-state index in [-0.39, 0.29) is 0 Å². The first-order valence-corrected chi connectivity index (χ1v) is 8.20. The van der Waals surface area contributed by atoms with Crippen molar-refractivity contribution in [2.45, 2.75) is 44.7 Å². The van der Waals surface area contributed by atoms with Crippen LogP contribution in [0.5, 0.6) is 0 Å². The summed E-state index contributed by atoms with van der Waals surface area (Å²) in [7, 11) is 0. The Morgan fingerprint density at radius 3 is 3.11 bits per heavy atom. The fourth-order valence-electron chi connectivity index (χ4n) is 3.04. The number of hydrogen-bond donors (Lipinski definition) is 1. The largest absolute Gasteiger partial charge is 0.312 e.